The van der Waals surface area contributed by atoms with Crippen molar-refractivity contribution in [3.63, 3.8) is 0 Å². The normalized spacial score (nSPS) is 12.9. The lowest BCUT2D eigenvalue weighted by Crippen LogP contribution is -2.42. The van der Waals surface area contributed by atoms with Gasteiger partial charge in [0, 0.05) is 0 Å². The first-order valence-electron chi connectivity index (χ1n) is 5.05. The Morgan fingerprint density at radius 1 is 1.35 bits per heavy atom. The number of rotatable bonds is 6. The van der Waals surface area contributed by atoms with Crippen LogP contribution in [0.4, 0.5) is 4.39 Å². The second kappa shape index (κ2) is 6.16. The first kappa shape index (κ1) is 16.3. The summed E-state index contributed by atoms with van der Waals surface area (Å²) in [5.74, 6) is -3.98. The average Bonchev–Trinajstić information content (AvgIpc) is 2.30. The van der Waals surface area contributed by atoms with Crippen LogP contribution in [0.1, 0.15) is 6.42 Å². The summed E-state index contributed by atoms with van der Waals surface area (Å²) in [6, 6.07) is 0.618. The summed E-state index contributed by atoms with van der Waals surface area (Å²) >= 11 is 5.43. The Hall–Kier alpha value is -1.71. The summed E-state index contributed by atoms with van der Waals surface area (Å²) in [7, 11) is -4.33. The van der Waals surface area contributed by atoms with Crippen LogP contribution in [0.5, 0.6) is 0 Å². The lowest BCUT2D eigenvalue weighted by atomic mass is 10.2. The zero-order chi connectivity index (χ0) is 15.5. The highest BCUT2D eigenvalue weighted by Crippen LogP contribution is 2.19. The Balaban J connectivity index is 3.06. The third-order valence-electron chi connectivity index (χ3n) is 2.18. The Morgan fingerprint density at radius 3 is 2.40 bits per heavy atom. The highest BCUT2D eigenvalue weighted by molar-refractivity contribution is 7.89. The van der Waals surface area contributed by atoms with E-state index < -0.39 is 50.2 Å². The molecule has 0 fully saturated rings. The molecule has 0 radical (unpaired) electrons. The van der Waals surface area contributed by atoms with Gasteiger partial charge in [0.05, 0.1) is 16.3 Å². The van der Waals surface area contributed by atoms with E-state index >= 15 is 0 Å². The SMILES string of the molecule is O=C(O)CC(NS(=O)(=O)c1ccc(F)c(Cl)c1)C(=O)O. The van der Waals surface area contributed by atoms with Gasteiger partial charge in [-0.1, -0.05) is 11.6 Å². The van der Waals surface area contributed by atoms with Gasteiger partial charge < -0.3 is 10.2 Å². The minimum Gasteiger partial charge on any atom is -0.481 e. The number of hydrogen-bond acceptors (Lipinski definition) is 4. The van der Waals surface area contributed by atoms with Gasteiger partial charge >= 0.3 is 11.9 Å². The number of hydrogen-bond donors (Lipinski definition) is 3. The van der Waals surface area contributed by atoms with Gasteiger partial charge in [-0.3, -0.25) is 9.59 Å². The van der Waals surface area contributed by atoms with Gasteiger partial charge in [0.1, 0.15) is 11.9 Å². The number of aliphatic carboxylic acids is 2. The van der Waals surface area contributed by atoms with Crippen molar-refractivity contribution in [1.82, 2.24) is 4.72 Å². The summed E-state index contributed by atoms with van der Waals surface area (Å²) in [5, 5.41) is 16.8. The van der Waals surface area contributed by atoms with Crippen molar-refractivity contribution < 1.29 is 32.6 Å². The summed E-state index contributed by atoms with van der Waals surface area (Å²) in [6.07, 6.45) is -0.941. The molecule has 1 aromatic rings. The van der Waals surface area contributed by atoms with E-state index in [9.17, 15) is 22.4 Å². The smallest absolute Gasteiger partial charge is 0.322 e. The molecule has 0 aromatic heterocycles. The van der Waals surface area contributed by atoms with Gasteiger partial charge in [0.15, 0.2) is 0 Å². The van der Waals surface area contributed by atoms with E-state index in [1.54, 1.807) is 4.72 Å². The van der Waals surface area contributed by atoms with Crippen molar-refractivity contribution in [3.05, 3.63) is 29.0 Å². The molecule has 0 saturated heterocycles. The fraction of sp³-hybridized carbons (Fsp3) is 0.200. The van der Waals surface area contributed by atoms with Gasteiger partial charge in [-0.15, -0.1) is 0 Å². The Morgan fingerprint density at radius 2 is 1.95 bits per heavy atom. The molecule has 1 rings (SSSR count). The number of benzene rings is 1. The zero-order valence-corrected chi connectivity index (χ0v) is 11.3. The molecule has 0 amide bonds. The molecule has 0 spiro atoms. The molecule has 110 valence electrons. The van der Waals surface area contributed by atoms with Crippen LogP contribution < -0.4 is 4.72 Å². The van der Waals surface area contributed by atoms with Gasteiger partial charge in [-0.2, -0.15) is 4.72 Å². The van der Waals surface area contributed by atoms with Gasteiger partial charge in [-0.25, -0.2) is 12.8 Å². The third kappa shape index (κ3) is 4.15. The standard InChI is InChI=1S/C10H9ClFNO6S/c11-6-3-5(1-2-7(6)12)20(18,19)13-8(10(16)17)4-9(14)15/h1-3,8,13H,4H2,(H,14,15)(H,16,17). The Kier molecular flexibility index (Phi) is 5.03. The van der Waals surface area contributed by atoms with Gasteiger partial charge in [-0.05, 0) is 18.2 Å². The van der Waals surface area contributed by atoms with Crippen molar-refractivity contribution in [3.8, 4) is 0 Å². The van der Waals surface area contributed by atoms with Crippen molar-refractivity contribution in [2.24, 2.45) is 0 Å². The Labute approximate surface area is 118 Å². The molecule has 0 aliphatic carbocycles. The largest absolute Gasteiger partial charge is 0.481 e. The van der Waals surface area contributed by atoms with E-state index in [0.717, 1.165) is 18.2 Å². The third-order valence-corrected chi connectivity index (χ3v) is 3.93. The number of halogens is 2. The minimum atomic E-state index is -4.33. The molecular formula is C10H9ClFNO6S. The predicted molar refractivity (Wildman–Crippen MR) is 65.4 cm³/mol. The second-order valence-electron chi connectivity index (χ2n) is 3.69. The molecule has 1 aromatic carbocycles. The van der Waals surface area contributed by atoms with Crippen LogP contribution in [0.25, 0.3) is 0 Å². The maximum atomic E-state index is 12.9. The van der Waals surface area contributed by atoms with E-state index in [1.165, 1.54) is 0 Å². The highest BCUT2D eigenvalue weighted by Gasteiger charge is 2.27. The van der Waals surface area contributed by atoms with E-state index in [0.29, 0.717) is 0 Å². The summed E-state index contributed by atoms with van der Waals surface area (Å²) in [5.41, 5.74) is 0. The molecule has 3 N–H and O–H groups in total. The van der Waals surface area contributed by atoms with Crippen LogP contribution in [0.3, 0.4) is 0 Å². The molecule has 0 aliphatic heterocycles. The zero-order valence-electron chi connectivity index (χ0n) is 9.71. The van der Waals surface area contributed by atoms with E-state index in [-0.39, 0.29) is 0 Å². The average molecular weight is 326 g/mol. The quantitative estimate of drug-likeness (QED) is 0.707. The number of carboxylic acid groups (broad SMARTS) is 2. The van der Waals surface area contributed by atoms with Crippen LogP contribution in [-0.2, 0) is 19.6 Å². The number of sulfonamides is 1. The first-order valence-corrected chi connectivity index (χ1v) is 6.91. The van der Waals surface area contributed by atoms with E-state index in [2.05, 4.69) is 0 Å². The first-order chi connectivity index (χ1) is 9.13. The molecule has 0 bridgehead atoms. The van der Waals surface area contributed by atoms with Gasteiger partial charge in [0.2, 0.25) is 10.0 Å². The Bertz CT molecular complexity index is 647. The van der Waals surface area contributed by atoms with E-state index in [1.807, 2.05) is 0 Å². The monoisotopic (exact) mass is 325 g/mol. The molecule has 7 nitrogen and oxygen atoms in total. The topological polar surface area (TPSA) is 121 Å². The second-order valence-corrected chi connectivity index (χ2v) is 5.81. The lowest BCUT2D eigenvalue weighted by Gasteiger charge is -2.13. The van der Waals surface area contributed by atoms with Crippen LogP contribution in [0.2, 0.25) is 5.02 Å². The van der Waals surface area contributed by atoms with Gasteiger partial charge in [0.25, 0.3) is 0 Å². The molecule has 1 atom stereocenters. The van der Waals surface area contributed by atoms with E-state index in [4.69, 9.17) is 21.8 Å². The van der Waals surface area contributed by atoms with Crippen molar-refractivity contribution in [2.75, 3.05) is 0 Å². The number of carbonyl (C=O) groups is 2. The lowest BCUT2D eigenvalue weighted by molar-refractivity contribution is -0.145. The van der Waals surface area contributed by atoms with Crippen LogP contribution in [-0.4, -0.2) is 36.6 Å². The fourth-order valence-electron chi connectivity index (χ4n) is 1.25. The van der Waals surface area contributed by atoms with Crippen LogP contribution in [0, 0.1) is 5.82 Å². The van der Waals surface area contributed by atoms with Crippen molar-refractivity contribution >= 4 is 33.6 Å². The number of carboxylic acids is 2. The van der Waals surface area contributed by atoms with Crippen molar-refractivity contribution in [2.45, 2.75) is 17.4 Å². The molecular weight excluding hydrogens is 317 g/mol. The summed E-state index contributed by atoms with van der Waals surface area (Å²) < 4.78 is 38.3. The number of nitrogens with one attached hydrogen (secondary N) is 1. The molecule has 0 aliphatic rings. The van der Waals surface area contributed by atoms with Crippen molar-refractivity contribution in [1.29, 1.82) is 0 Å². The minimum absolute atomic E-state index is 0.460. The maximum absolute atomic E-state index is 12.9. The van der Waals surface area contributed by atoms with Crippen LogP contribution in [0.15, 0.2) is 23.1 Å². The molecule has 0 heterocycles. The molecule has 0 saturated carbocycles. The highest BCUT2D eigenvalue weighted by atomic mass is 35.5. The molecule has 20 heavy (non-hydrogen) atoms. The summed E-state index contributed by atoms with van der Waals surface area (Å²) in [4.78, 5) is 20.8. The fourth-order valence-corrected chi connectivity index (χ4v) is 2.71. The van der Waals surface area contributed by atoms with Crippen LogP contribution >= 0.6 is 11.6 Å². The predicted octanol–water partition coefficient (Wildman–Crippen LogP) is 0.685. The maximum Gasteiger partial charge on any atom is 0.322 e. The summed E-state index contributed by atoms with van der Waals surface area (Å²) in [6.45, 7) is 0. The molecule has 10 heteroatoms. The molecule has 1 unspecified atom stereocenters.